The van der Waals surface area contributed by atoms with Gasteiger partial charge in [-0.3, -0.25) is 4.79 Å². The van der Waals surface area contributed by atoms with Gasteiger partial charge in [-0.1, -0.05) is 32.9 Å². The van der Waals surface area contributed by atoms with E-state index < -0.39 is 0 Å². The maximum atomic E-state index is 12.4. The van der Waals surface area contributed by atoms with E-state index >= 15 is 0 Å². The van der Waals surface area contributed by atoms with Crippen molar-refractivity contribution in [3.05, 3.63) is 29.8 Å². The van der Waals surface area contributed by atoms with Crippen LogP contribution in [0.5, 0.6) is 5.75 Å². The third kappa shape index (κ3) is 6.94. The Morgan fingerprint density at radius 3 is 2.32 bits per heavy atom. The second-order valence-electron chi connectivity index (χ2n) is 7.16. The van der Waals surface area contributed by atoms with E-state index in [4.69, 9.17) is 10.5 Å². The highest BCUT2D eigenvalue weighted by molar-refractivity contribution is 5.76. The number of nitrogens with two attached hydrogens (primary N) is 1. The molecule has 4 heteroatoms. The number of carbonyl (C=O) groups is 1. The normalized spacial score (nSPS) is 12.8. The van der Waals surface area contributed by atoms with Crippen LogP contribution >= 0.6 is 0 Å². The molecule has 124 valence electrons. The first-order chi connectivity index (χ1) is 10.2. The van der Waals surface area contributed by atoms with Crippen molar-refractivity contribution in [1.29, 1.82) is 0 Å². The van der Waals surface area contributed by atoms with Gasteiger partial charge in [-0.15, -0.1) is 0 Å². The molecule has 1 atom stereocenters. The fraction of sp³-hybridized carbons (Fsp3) is 0.611. The standard InChI is InChI=1S/C18H30N2O2/c1-14(19)12-17(21)20(13-18(2,3)4)11-10-15-6-8-16(22-5)9-7-15/h6-9,14H,10-13,19H2,1-5H3. The van der Waals surface area contributed by atoms with Gasteiger partial charge in [-0.05, 0) is 36.5 Å². The Morgan fingerprint density at radius 2 is 1.86 bits per heavy atom. The summed E-state index contributed by atoms with van der Waals surface area (Å²) in [7, 11) is 1.66. The Kier molecular flexibility index (Phi) is 6.88. The Hall–Kier alpha value is -1.55. The van der Waals surface area contributed by atoms with Crippen LogP contribution in [0.2, 0.25) is 0 Å². The highest BCUT2D eigenvalue weighted by Crippen LogP contribution is 2.17. The Bertz CT molecular complexity index is 461. The summed E-state index contributed by atoms with van der Waals surface area (Å²) in [6.45, 7) is 9.77. The molecule has 2 N–H and O–H groups in total. The predicted molar refractivity (Wildman–Crippen MR) is 91.0 cm³/mol. The lowest BCUT2D eigenvalue weighted by molar-refractivity contribution is -0.132. The molecule has 0 heterocycles. The van der Waals surface area contributed by atoms with Crippen molar-refractivity contribution < 1.29 is 9.53 Å². The number of rotatable bonds is 7. The molecular weight excluding hydrogens is 276 g/mol. The molecule has 0 spiro atoms. The van der Waals surface area contributed by atoms with Gasteiger partial charge in [0.2, 0.25) is 5.91 Å². The van der Waals surface area contributed by atoms with Crippen LogP contribution < -0.4 is 10.5 Å². The third-order valence-corrected chi connectivity index (χ3v) is 3.34. The van der Waals surface area contributed by atoms with E-state index in [1.54, 1.807) is 7.11 Å². The minimum atomic E-state index is -0.101. The van der Waals surface area contributed by atoms with Gasteiger partial charge in [0.25, 0.3) is 0 Å². The summed E-state index contributed by atoms with van der Waals surface area (Å²) >= 11 is 0. The van der Waals surface area contributed by atoms with Gasteiger partial charge in [-0.25, -0.2) is 0 Å². The molecule has 4 nitrogen and oxygen atoms in total. The van der Waals surface area contributed by atoms with E-state index in [1.807, 2.05) is 36.1 Å². The molecule has 0 bridgehead atoms. The first-order valence-corrected chi connectivity index (χ1v) is 7.87. The van der Waals surface area contributed by atoms with E-state index in [0.29, 0.717) is 6.42 Å². The number of benzene rings is 1. The molecule has 1 rings (SSSR count). The van der Waals surface area contributed by atoms with Gasteiger partial charge in [0.05, 0.1) is 7.11 Å². The number of hydrogen-bond donors (Lipinski definition) is 1. The number of hydrogen-bond acceptors (Lipinski definition) is 3. The van der Waals surface area contributed by atoms with E-state index in [-0.39, 0.29) is 17.4 Å². The predicted octanol–water partition coefficient (Wildman–Crippen LogP) is 2.85. The molecule has 0 aliphatic carbocycles. The van der Waals surface area contributed by atoms with Gasteiger partial charge >= 0.3 is 0 Å². The van der Waals surface area contributed by atoms with E-state index in [9.17, 15) is 4.79 Å². The van der Waals surface area contributed by atoms with Crippen molar-refractivity contribution in [3.8, 4) is 5.75 Å². The zero-order valence-electron chi connectivity index (χ0n) is 14.6. The second-order valence-corrected chi connectivity index (χ2v) is 7.16. The van der Waals surface area contributed by atoms with Crippen LogP contribution in [-0.2, 0) is 11.2 Å². The van der Waals surface area contributed by atoms with Gasteiger partial charge < -0.3 is 15.4 Å². The van der Waals surface area contributed by atoms with Crippen LogP contribution in [0.4, 0.5) is 0 Å². The quantitative estimate of drug-likeness (QED) is 0.843. The second kappa shape index (κ2) is 8.18. The van der Waals surface area contributed by atoms with Crippen molar-refractivity contribution >= 4 is 5.91 Å². The smallest absolute Gasteiger partial charge is 0.224 e. The molecular formula is C18H30N2O2. The van der Waals surface area contributed by atoms with Crippen LogP contribution in [0.3, 0.4) is 0 Å². The molecule has 0 saturated heterocycles. The highest BCUT2D eigenvalue weighted by Gasteiger charge is 2.21. The van der Waals surface area contributed by atoms with Gasteiger partial charge in [0.1, 0.15) is 5.75 Å². The van der Waals surface area contributed by atoms with E-state index in [0.717, 1.165) is 25.3 Å². The van der Waals surface area contributed by atoms with Crippen LogP contribution in [0.1, 0.15) is 39.7 Å². The molecule has 0 saturated carbocycles. The van der Waals surface area contributed by atoms with Crippen LogP contribution in [0.15, 0.2) is 24.3 Å². The summed E-state index contributed by atoms with van der Waals surface area (Å²) in [6.07, 6.45) is 1.24. The SMILES string of the molecule is COc1ccc(CCN(CC(C)(C)C)C(=O)CC(C)N)cc1. The topological polar surface area (TPSA) is 55.6 Å². The Balaban J connectivity index is 2.68. The van der Waals surface area contributed by atoms with E-state index in [1.165, 1.54) is 5.56 Å². The lowest BCUT2D eigenvalue weighted by atomic mass is 9.95. The van der Waals surface area contributed by atoms with Crippen LogP contribution in [-0.4, -0.2) is 37.0 Å². The zero-order valence-corrected chi connectivity index (χ0v) is 14.6. The summed E-state index contributed by atoms with van der Waals surface area (Å²) < 4.78 is 5.16. The average Bonchev–Trinajstić information content (AvgIpc) is 2.42. The maximum absolute atomic E-state index is 12.4. The van der Waals surface area contributed by atoms with E-state index in [2.05, 4.69) is 20.8 Å². The molecule has 1 aromatic rings. The summed E-state index contributed by atoms with van der Waals surface area (Å²) in [5.41, 5.74) is 7.05. The lowest BCUT2D eigenvalue weighted by Gasteiger charge is -2.30. The number of carbonyl (C=O) groups excluding carboxylic acids is 1. The molecule has 1 aromatic carbocycles. The number of nitrogens with zero attached hydrogens (tertiary/aromatic N) is 1. The summed E-state index contributed by atoms with van der Waals surface area (Å²) in [6, 6.07) is 7.89. The number of methoxy groups -OCH3 is 1. The molecule has 0 aliphatic rings. The van der Waals surface area contributed by atoms with Crippen molar-refractivity contribution in [2.75, 3.05) is 20.2 Å². The summed E-state index contributed by atoms with van der Waals surface area (Å²) in [4.78, 5) is 14.3. The average molecular weight is 306 g/mol. The molecule has 0 fully saturated rings. The van der Waals surface area contributed by atoms with Gasteiger partial charge in [-0.2, -0.15) is 0 Å². The minimum absolute atomic E-state index is 0.0768. The Labute approximate surface area is 134 Å². The Morgan fingerprint density at radius 1 is 1.27 bits per heavy atom. The molecule has 22 heavy (non-hydrogen) atoms. The lowest BCUT2D eigenvalue weighted by Crippen LogP contribution is -2.41. The molecule has 1 unspecified atom stereocenters. The van der Waals surface area contributed by atoms with Gasteiger partial charge in [0.15, 0.2) is 0 Å². The number of amides is 1. The van der Waals surface area contributed by atoms with Crippen molar-refractivity contribution in [3.63, 3.8) is 0 Å². The largest absolute Gasteiger partial charge is 0.497 e. The summed E-state index contributed by atoms with van der Waals surface area (Å²) in [5, 5.41) is 0. The third-order valence-electron chi connectivity index (χ3n) is 3.34. The maximum Gasteiger partial charge on any atom is 0.224 e. The first kappa shape index (κ1) is 18.5. The number of ether oxygens (including phenoxy) is 1. The molecule has 0 radical (unpaired) electrons. The fourth-order valence-electron chi connectivity index (χ4n) is 2.33. The highest BCUT2D eigenvalue weighted by atomic mass is 16.5. The molecule has 0 aromatic heterocycles. The van der Waals surface area contributed by atoms with Gasteiger partial charge in [0, 0.05) is 25.6 Å². The first-order valence-electron chi connectivity index (χ1n) is 7.87. The summed E-state index contributed by atoms with van der Waals surface area (Å²) in [5.74, 6) is 0.988. The molecule has 0 aliphatic heterocycles. The van der Waals surface area contributed by atoms with Crippen molar-refractivity contribution in [2.45, 2.75) is 46.6 Å². The van der Waals surface area contributed by atoms with Crippen molar-refractivity contribution in [1.82, 2.24) is 4.90 Å². The zero-order chi connectivity index (χ0) is 16.8. The molecule has 1 amide bonds. The fourth-order valence-corrected chi connectivity index (χ4v) is 2.33. The van der Waals surface area contributed by atoms with Crippen LogP contribution in [0.25, 0.3) is 0 Å². The van der Waals surface area contributed by atoms with Crippen molar-refractivity contribution in [2.24, 2.45) is 11.1 Å². The minimum Gasteiger partial charge on any atom is -0.497 e. The van der Waals surface area contributed by atoms with Crippen LogP contribution in [0, 0.1) is 5.41 Å². The monoisotopic (exact) mass is 306 g/mol.